The molecule has 0 bridgehead atoms. The van der Waals surface area contributed by atoms with E-state index < -0.39 is 0 Å². The number of hydrogen-bond acceptors (Lipinski definition) is 9. The minimum absolute atomic E-state index is 0.0124. The first-order valence-corrected chi connectivity index (χ1v) is 21.5. The molecule has 4 aromatic rings. The highest BCUT2D eigenvalue weighted by molar-refractivity contribution is 6.39. The van der Waals surface area contributed by atoms with Crippen LogP contribution in [0.2, 0.25) is 10.0 Å². The van der Waals surface area contributed by atoms with Crippen LogP contribution >= 0.6 is 23.2 Å². The molecule has 12 nitrogen and oxygen atoms in total. The van der Waals surface area contributed by atoms with E-state index in [1.54, 1.807) is 6.07 Å². The Morgan fingerprint density at radius 1 is 0.810 bits per heavy atom. The Hall–Kier alpha value is -4.07. The number of fused-ring (bicyclic) bond motifs is 2. The molecular formula is C44H53Cl2N7O5. The van der Waals surface area contributed by atoms with E-state index in [4.69, 9.17) is 37.9 Å². The van der Waals surface area contributed by atoms with Crippen LogP contribution in [0.1, 0.15) is 101 Å². The number of benzene rings is 2. The molecule has 2 aliphatic carbocycles. The molecule has 58 heavy (non-hydrogen) atoms. The number of aliphatic hydroxyl groups is 1. The van der Waals surface area contributed by atoms with E-state index in [1.165, 1.54) is 7.11 Å². The summed E-state index contributed by atoms with van der Waals surface area (Å²) in [4.78, 5) is 54.1. The second-order valence-electron chi connectivity index (χ2n) is 16.7. The van der Waals surface area contributed by atoms with E-state index in [2.05, 4.69) is 15.1 Å². The van der Waals surface area contributed by atoms with Crippen molar-refractivity contribution in [3.63, 3.8) is 0 Å². The van der Waals surface area contributed by atoms with Crippen molar-refractivity contribution in [1.82, 2.24) is 28.9 Å². The van der Waals surface area contributed by atoms with Crippen LogP contribution in [0.5, 0.6) is 0 Å². The number of amides is 1. The van der Waals surface area contributed by atoms with Gasteiger partial charge in [0.15, 0.2) is 11.6 Å². The summed E-state index contributed by atoms with van der Waals surface area (Å²) in [6, 6.07) is 11.5. The Balaban J connectivity index is 0.925. The summed E-state index contributed by atoms with van der Waals surface area (Å²) in [5.74, 6) is 0.728. The second-order valence-corrected chi connectivity index (χ2v) is 17.4. The molecule has 308 valence electrons. The number of halogens is 2. The fourth-order valence-electron chi connectivity index (χ4n) is 9.78. The molecule has 0 atom stereocenters. The molecule has 4 heterocycles. The first-order chi connectivity index (χ1) is 28.0. The second kappa shape index (κ2) is 17.3. The smallest absolute Gasteiger partial charge is 0.308 e. The summed E-state index contributed by atoms with van der Waals surface area (Å²) < 4.78 is 8.78. The van der Waals surface area contributed by atoms with E-state index in [0.717, 1.165) is 107 Å². The van der Waals surface area contributed by atoms with Crippen LogP contribution in [0, 0.1) is 11.8 Å². The van der Waals surface area contributed by atoms with Crippen LogP contribution in [-0.4, -0.2) is 90.6 Å². The van der Waals surface area contributed by atoms with Gasteiger partial charge in [-0.1, -0.05) is 53.5 Å². The summed E-state index contributed by atoms with van der Waals surface area (Å²) in [5.41, 5.74) is 6.41. The molecule has 2 N–H and O–H groups in total. The van der Waals surface area contributed by atoms with Gasteiger partial charge in [-0.2, -0.15) is 0 Å². The summed E-state index contributed by atoms with van der Waals surface area (Å²) in [6.45, 7) is 4.14. The summed E-state index contributed by atoms with van der Waals surface area (Å²) >= 11 is 14.1. The normalized spacial score (nSPS) is 22.6. The number of nitrogens with one attached hydrogen (secondary N) is 1. The van der Waals surface area contributed by atoms with Crippen LogP contribution in [0.4, 0.5) is 5.69 Å². The van der Waals surface area contributed by atoms with E-state index in [1.807, 2.05) is 53.6 Å². The largest absolute Gasteiger partial charge is 0.469 e. The predicted octanol–water partition coefficient (Wildman–Crippen LogP) is 6.80. The Morgan fingerprint density at radius 3 is 2.17 bits per heavy atom. The number of aromatic nitrogens is 4. The van der Waals surface area contributed by atoms with Crippen LogP contribution in [-0.2, 0) is 56.0 Å². The third kappa shape index (κ3) is 8.23. The Bertz CT molecular complexity index is 2200. The molecule has 1 amide bonds. The minimum Gasteiger partial charge on any atom is -0.469 e. The number of esters is 1. The topological polar surface area (TPSA) is 135 Å². The van der Waals surface area contributed by atoms with Gasteiger partial charge in [-0.3, -0.25) is 24.2 Å². The Labute approximate surface area is 349 Å². The fourth-order valence-corrected chi connectivity index (χ4v) is 10.3. The van der Waals surface area contributed by atoms with Crippen molar-refractivity contribution in [2.75, 3.05) is 32.1 Å². The maximum absolute atomic E-state index is 13.8. The number of nitrogens with zero attached hydrogens (tertiary/aromatic N) is 6. The van der Waals surface area contributed by atoms with Crippen molar-refractivity contribution >= 4 is 46.5 Å². The number of carbonyl (C=O) groups excluding carboxylic acids is 3. The van der Waals surface area contributed by atoms with Gasteiger partial charge in [-0.15, -0.1) is 0 Å². The van der Waals surface area contributed by atoms with E-state index in [9.17, 15) is 19.5 Å². The molecule has 14 heteroatoms. The standard InChI is InChI=1S/C44H53Cl2N7O5/c1-50-37-19-21-53(29-14-16-30(54)17-15-29)25-35(37)47-41(50)38(55)22-28-6-4-7-31(39(28)45)32-8-5-9-33(40(32)46)49-43(56)42-48-34-24-52(20-18-36(34)51(42)2)23-26-10-12-27(13-11-26)44(57)58-3/h4-9,26-27,29-30,54H,10-25H2,1-3H3,(H,49,56). The van der Waals surface area contributed by atoms with Gasteiger partial charge in [-0.25, -0.2) is 9.97 Å². The first-order valence-electron chi connectivity index (χ1n) is 20.7. The molecule has 0 unspecified atom stereocenters. The monoisotopic (exact) mass is 829 g/mol. The molecule has 2 aliphatic heterocycles. The molecule has 2 aromatic carbocycles. The lowest BCUT2D eigenvalue weighted by Crippen LogP contribution is -2.42. The zero-order valence-electron chi connectivity index (χ0n) is 33.6. The Morgan fingerprint density at radius 2 is 1.45 bits per heavy atom. The summed E-state index contributed by atoms with van der Waals surface area (Å²) in [5, 5.41) is 13.7. The Kier molecular flexibility index (Phi) is 12.1. The van der Waals surface area contributed by atoms with E-state index in [-0.39, 0.29) is 36.1 Å². The quantitative estimate of drug-likeness (QED) is 0.131. The average molecular weight is 831 g/mol. The highest BCUT2D eigenvalue weighted by Gasteiger charge is 2.33. The predicted molar refractivity (Wildman–Crippen MR) is 223 cm³/mol. The molecule has 2 aromatic heterocycles. The minimum atomic E-state index is -0.354. The zero-order valence-corrected chi connectivity index (χ0v) is 35.1. The highest BCUT2D eigenvalue weighted by Crippen LogP contribution is 2.39. The lowest BCUT2D eigenvalue weighted by molar-refractivity contribution is -0.146. The van der Waals surface area contributed by atoms with Crippen molar-refractivity contribution in [2.24, 2.45) is 25.9 Å². The van der Waals surface area contributed by atoms with Gasteiger partial charge in [0, 0.05) is 94.6 Å². The van der Waals surface area contributed by atoms with Crippen molar-refractivity contribution in [3.8, 4) is 11.1 Å². The third-order valence-corrected chi connectivity index (χ3v) is 14.0. The van der Waals surface area contributed by atoms with Crippen molar-refractivity contribution < 1.29 is 24.2 Å². The number of ether oxygens (including phenoxy) is 1. The van der Waals surface area contributed by atoms with Crippen LogP contribution < -0.4 is 5.32 Å². The molecule has 4 aliphatic rings. The zero-order chi connectivity index (χ0) is 40.7. The summed E-state index contributed by atoms with van der Waals surface area (Å²) in [7, 11) is 5.26. The third-order valence-electron chi connectivity index (χ3n) is 13.1. The van der Waals surface area contributed by atoms with Gasteiger partial charge >= 0.3 is 5.97 Å². The van der Waals surface area contributed by atoms with Gasteiger partial charge < -0.3 is 24.3 Å². The number of rotatable bonds is 10. The molecule has 2 fully saturated rings. The molecule has 2 saturated carbocycles. The van der Waals surface area contributed by atoms with E-state index >= 15 is 0 Å². The van der Waals surface area contributed by atoms with Crippen molar-refractivity contribution in [1.29, 1.82) is 0 Å². The number of imidazole rings is 2. The first kappa shape index (κ1) is 40.7. The molecule has 0 radical (unpaired) electrons. The van der Waals surface area contributed by atoms with Crippen molar-refractivity contribution in [2.45, 2.75) is 95.9 Å². The molecular weight excluding hydrogens is 777 g/mol. The average Bonchev–Trinajstić information content (AvgIpc) is 3.74. The van der Waals surface area contributed by atoms with Crippen LogP contribution in [0.15, 0.2) is 36.4 Å². The molecule has 0 spiro atoms. The lowest BCUT2D eigenvalue weighted by atomic mass is 9.81. The van der Waals surface area contributed by atoms with Crippen LogP contribution in [0.3, 0.4) is 0 Å². The summed E-state index contributed by atoms with van der Waals surface area (Å²) in [6.07, 6.45) is 8.90. The number of aliphatic hydroxyl groups excluding tert-OH is 1. The number of anilines is 1. The van der Waals surface area contributed by atoms with Gasteiger partial charge in [0.2, 0.25) is 5.78 Å². The number of hydrogen-bond donors (Lipinski definition) is 2. The van der Waals surface area contributed by atoms with Gasteiger partial charge in [0.25, 0.3) is 5.91 Å². The number of ketones is 1. The maximum Gasteiger partial charge on any atom is 0.308 e. The van der Waals surface area contributed by atoms with Crippen molar-refractivity contribution in [3.05, 3.63) is 86.4 Å². The van der Waals surface area contributed by atoms with Crippen LogP contribution in [0.25, 0.3) is 11.1 Å². The fraction of sp³-hybridized carbons (Fsp3) is 0.523. The lowest BCUT2D eigenvalue weighted by Gasteiger charge is -2.37. The maximum atomic E-state index is 13.8. The van der Waals surface area contributed by atoms with E-state index in [0.29, 0.717) is 69.1 Å². The molecule has 0 saturated heterocycles. The van der Waals surface area contributed by atoms with Gasteiger partial charge in [0.05, 0.1) is 46.3 Å². The highest BCUT2D eigenvalue weighted by atomic mass is 35.5. The number of carbonyl (C=O) groups is 3. The number of methoxy groups -OCH3 is 1. The molecule has 8 rings (SSSR count). The van der Waals surface area contributed by atoms with Gasteiger partial charge in [-0.05, 0) is 68.9 Å². The van der Waals surface area contributed by atoms with Gasteiger partial charge in [0.1, 0.15) is 0 Å². The SMILES string of the molecule is COC(=O)C1CCC(CN2CCc3c(nc(C(=O)Nc4cccc(-c5cccc(CC(=O)c6nc7c(n6C)CCN(C6CCC(O)CC6)C7)c5Cl)c4Cl)n3C)C2)CC1. The number of Topliss-reactive ketones (excluding diaryl/α,β-unsaturated/α-hetero) is 1.